The van der Waals surface area contributed by atoms with E-state index in [0.717, 1.165) is 12.8 Å². The zero-order valence-corrected chi connectivity index (χ0v) is 12.5. The van der Waals surface area contributed by atoms with Gasteiger partial charge in [0.1, 0.15) is 11.9 Å². The summed E-state index contributed by atoms with van der Waals surface area (Å²) in [6.07, 6.45) is 4.92. The molecule has 2 atom stereocenters. The molecule has 1 saturated heterocycles. The van der Waals surface area contributed by atoms with Crippen LogP contribution in [-0.2, 0) is 7.05 Å². The number of aryl methyl sites for hydroxylation is 1. The molecule has 0 spiro atoms. The van der Waals surface area contributed by atoms with Gasteiger partial charge in [0.2, 0.25) is 0 Å². The van der Waals surface area contributed by atoms with E-state index in [1.165, 1.54) is 0 Å². The first-order chi connectivity index (χ1) is 10.6. The van der Waals surface area contributed by atoms with Crippen LogP contribution in [0.5, 0.6) is 0 Å². The quantitative estimate of drug-likeness (QED) is 0.906. The molecule has 2 unspecified atom stereocenters. The van der Waals surface area contributed by atoms with Crippen molar-refractivity contribution in [2.24, 2.45) is 7.05 Å². The summed E-state index contributed by atoms with van der Waals surface area (Å²) in [5, 5.41) is 17.1. The molecule has 2 amide bonds. The Balaban J connectivity index is 1.61. The lowest BCUT2D eigenvalue weighted by Crippen LogP contribution is -2.39. The van der Waals surface area contributed by atoms with Crippen molar-refractivity contribution in [3.05, 3.63) is 36.4 Å². The predicted octanol–water partition coefficient (Wildman–Crippen LogP) is 2.13. The van der Waals surface area contributed by atoms with Crippen molar-refractivity contribution in [2.45, 2.75) is 31.4 Å². The van der Waals surface area contributed by atoms with Gasteiger partial charge in [0.15, 0.2) is 5.82 Å². The van der Waals surface area contributed by atoms with Crippen LogP contribution in [0.25, 0.3) is 0 Å². The highest BCUT2D eigenvalue weighted by atomic mass is 16.4. The molecule has 1 aliphatic rings. The fourth-order valence-corrected chi connectivity index (χ4v) is 2.87. The Hall–Kier alpha value is -2.28. The van der Waals surface area contributed by atoms with Crippen LogP contribution >= 0.6 is 0 Å². The number of nitrogens with zero attached hydrogens (tertiary/aromatic N) is 3. The van der Waals surface area contributed by atoms with Crippen LogP contribution in [0.15, 0.2) is 35.1 Å². The minimum Gasteiger partial charge on any atom is -0.467 e. The van der Waals surface area contributed by atoms with Crippen molar-refractivity contribution in [1.82, 2.24) is 14.7 Å². The molecule has 0 bridgehead atoms. The molecule has 2 N–H and O–H groups in total. The lowest BCUT2D eigenvalue weighted by molar-refractivity contribution is 0.110. The maximum atomic E-state index is 12.4. The van der Waals surface area contributed by atoms with Crippen LogP contribution in [-0.4, -0.2) is 38.4 Å². The van der Waals surface area contributed by atoms with Gasteiger partial charge in [-0.2, -0.15) is 5.10 Å². The summed E-state index contributed by atoms with van der Waals surface area (Å²) >= 11 is 0. The van der Waals surface area contributed by atoms with Gasteiger partial charge < -0.3 is 14.4 Å². The van der Waals surface area contributed by atoms with Crippen molar-refractivity contribution >= 4 is 11.8 Å². The van der Waals surface area contributed by atoms with Crippen LogP contribution in [0.1, 0.15) is 31.1 Å². The number of carbonyl (C=O) groups is 1. The van der Waals surface area contributed by atoms with Crippen LogP contribution in [0.3, 0.4) is 0 Å². The highest BCUT2D eigenvalue weighted by molar-refractivity contribution is 5.88. The second-order valence-corrected chi connectivity index (χ2v) is 5.56. The standard InChI is InChI=1S/C15H20N4O3/c1-18-8-6-14(17-18)16-15(21)19-7-2-4-11(19)10-12(20)13-5-3-9-22-13/h3,5-6,8-9,11-12,20H,2,4,7,10H2,1H3,(H,16,17,21). The third-order valence-electron chi connectivity index (χ3n) is 3.95. The third kappa shape index (κ3) is 3.14. The van der Waals surface area contributed by atoms with E-state index in [0.29, 0.717) is 24.5 Å². The number of urea groups is 1. The smallest absolute Gasteiger partial charge is 0.323 e. The van der Waals surface area contributed by atoms with E-state index < -0.39 is 6.10 Å². The molecular formula is C15H20N4O3. The first kappa shape index (κ1) is 14.6. The number of hydrogen-bond acceptors (Lipinski definition) is 4. The van der Waals surface area contributed by atoms with E-state index >= 15 is 0 Å². The molecule has 1 fully saturated rings. The number of anilines is 1. The average molecular weight is 304 g/mol. The van der Waals surface area contributed by atoms with Crippen LogP contribution < -0.4 is 5.32 Å². The number of aromatic nitrogens is 2. The molecule has 7 nitrogen and oxygen atoms in total. The lowest BCUT2D eigenvalue weighted by Gasteiger charge is -2.25. The van der Waals surface area contributed by atoms with Crippen LogP contribution in [0.4, 0.5) is 10.6 Å². The molecule has 3 heterocycles. The molecule has 0 aliphatic carbocycles. The number of rotatable bonds is 4. The zero-order valence-electron chi connectivity index (χ0n) is 12.5. The number of aliphatic hydroxyl groups excluding tert-OH is 1. The monoisotopic (exact) mass is 304 g/mol. The van der Waals surface area contributed by atoms with Gasteiger partial charge in [-0.05, 0) is 25.0 Å². The van der Waals surface area contributed by atoms with Crippen molar-refractivity contribution < 1.29 is 14.3 Å². The number of hydrogen-bond donors (Lipinski definition) is 2. The molecule has 0 radical (unpaired) electrons. The molecule has 7 heteroatoms. The Morgan fingerprint density at radius 2 is 2.45 bits per heavy atom. The largest absolute Gasteiger partial charge is 0.467 e. The summed E-state index contributed by atoms with van der Waals surface area (Å²) in [4.78, 5) is 14.1. The Morgan fingerprint density at radius 3 is 3.14 bits per heavy atom. The van der Waals surface area contributed by atoms with Crippen molar-refractivity contribution in [3.8, 4) is 0 Å². The van der Waals surface area contributed by atoms with E-state index in [1.54, 1.807) is 47.3 Å². The molecule has 3 rings (SSSR count). The third-order valence-corrected chi connectivity index (χ3v) is 3.95. The summed E-state index contributed by atoms with van der Waals surface area (Å²) in [5.41, 5.74) is 0. The summed E-state index contributed by atoms with van der Waals surface area (Å²) < 4.78 is 6.85. The molecule has 22 heavy (non-hydrogen) atoms. The molecular weight excluding hydrogens is 284 g/mol. The van der Waals surface area contributed by atoms with Crippen molar-refractivity contribution in [2.75, 3.05) is 11.9 Å². The number of furan rings is 1. The molecule has 0 saturated carbocycles. The number of amides is 2. The summed E-state index contributed by atoms with van der Waals surface area (Å²) in [6, 6.07) is 5.08. The Kier molecular flexibility index (Phi) is 4.15. The van der Waals surface area contributed by atoms with Gasteiger partial charge in [0.25, 0.3) is 0 Å². The van der Waals surface area contributed by atoms with E-state index in [9.17, 15) is 9.90 Å². The normalized spacial score (nSPS) is 19.4. The zero-order chi connectivity index (χ0) is 15.5. The first-order valence-electron chi connectivity index (χ1n) is 7.42. The predicted molar refractivity (Wildman–Crippen MR) is 80.2 cm³/mol. The maximum Gasteiger partial charge on any atom is 0.323 e. The second-order valence-electron chi connectivity index (χ2n) is 5.56. The van der Waals surface area contributed by atoms with E-state index in [-0.39, 0.29) is 12.1 Å². The summed E-state index contributed by atoms with van der Waals surface area (Å²) in [6.45, 7) is 0.689. The van der Waals surface area contributed by atoms with Gasteiger partial charge in [-0.1, -0.05) is 0 Å². The van der Waals surface area contributed by atoms with Crippen molar-refractivity contribution in [3.63, 3.8) is 0 Å². The van der Waals surface area contributed by atoms with E-state index in [2.05, 4.69) is 10.4 Å². The highest BCUT2D eigenvalue weighted by Crippen LogP contribution is 2.28. The Morgan fingerprint density at radius 1 is 1.59 bits per heavy atom. The lowest BCUT2D eigenvalue weighted by atomic mass is 10.1. The number of likely N-dealkylation sites (tertiary alicyclic amines) is 1. The van der Waals surface area contributed by atoms with Gasteiger partial charge in [-0.25, -0.2) is 4.79 Å². The maximum absolute atomic E-state index is 12.4. The van der Waals surface area contributed by atoms with Crippen molar-refractivity contribution in [1.29, 1.82) is 0 Å². The van der Waals surface area contributed by atoms with Gasteiger partial charge >= 0.3 is 6.03 Å². The van der Waals surface area contributed by atoms with Gasteiger partial charge in [0, 0.05) is 38.3 Å². The van der Waals surface area contributed by atoms with E-state index in [4.69, 9.17) is 4.42 Å². The van der Waals surface area contributed by atoms with Gasteiger partial charge in [-0.15, -0.1) is 0 Å². The summed E-state index contributed by atoms with van der Waals surface area (Å²) in [5.74, 6) is 1.07. The average Bonchev–Trinajstić information content (AvgIpc) is 3.20. The fraction of sp³-hybridized carbons (Fsp3) is 0.467. The number of aliphatic hydroxyl groups is 1. The fourth-order valence-electron chi connectivity index (χ4n) is 2.87. The molecule has 2 aromatic rings. The Bertz CT molecular complexity index is 623. The first-order valence-corrected chi connectivity index (χ1v) is 7.42. The molecule has 118 valence electrons. The van der Waals surface area contributed by atoms with Crippen LogP contribution in [0, 0.1) is 0 Å². The van der Waals surface area contributed by atoms with Gasteiger partial charge in [-0.3, -0.25) is 10.00 Å². The second kappa shape index (κ2) is 6.23. The SMILES string of the molecule is Cn1ccc(NC(=O)N2CCCC2CC(O)c2ccco2)n1. The molecule has 1 aliphatic heterocycles. The number of nitrogens with one attached hydrogen (secondary N) is 1. The molecule has 2 aromatic heterocycles. The highest BCUT2D eigenvalue weighted by Gasteiger charge is 2.31. The summed E-state index contributed by atoms with van der Waals surface area (Å²) in [7, 11) is 1.80. The minimum absolute atomic E-state index is 0.00353. The number of carbonyl (C=O) groups excluding carboxylic acids is 1. The van der Waals surface area contributed by atoms with E-state index in [1.807, 2.05) is 0 Å². The Labute approximate surface area is 128 Å². The topological polar surface area (TPSA) is 83.5 Å². The molecule has 0 aromatic carbocycles. The minimum atomic E-state index is -0.691. The van der Waals surface area contributed by atoms with Crippen LogP contribution in [0.2, 0.25) is 0 Å². The van der Waals surface area contributed by atoms with Gasteiger partial charge in [0.05, 0.1) is 6.26 Å².